The molecule has 1 N–H and O–H groups in total. The van der Waals surface area contributed by atoms with Crippen LogP contribution in [0.15, 0.2) is 24.3 Å². The highest BCUT2D eigenvalue weighted by molar-refractivity contribution is 7.98. The van der Waals surface area contributed by atoms with Gasteiger partial charge in [-0.25, -0.2) is 0 Å². The van der Waals surface area contributed by atoms with Crippen molar-refractivity contribution in [2.45, 2.75) is 32.4 Å². The third kappa shape index (κ3) is 3.92. The molecular formula is C15H26N2S. The van der Waals surface area contributed by atoms with E-state index in [1.165, 1.54) is 11.3 Å². The third-order valence-corrected chi connectivity index (χ3v) is 4.34. The zero-order valence-corrected chi connectivity index (χ0v) is 13.1. The molecule has 102 valence electrons. The van der Waals surface area contributed by atoms with Gasteiger partial charge in [0.1, 0.15) is 0 Å². The maximum atomic E-state index is 3.34. The Morgan fingerprint density at radius 3 is 2.33 bits per heavy atom. The van der Waals surface area contributed by atoms with E-state index in [2.05, 4.69) is 61.6 Å². The predicted molar refractivity (Wildman–Crippen MR) is 84.8 cm³/mol. The molecule has 0 saturated heterocycles. The molecule has 0 aliphatic heterocycles. The number of anilines is 1. The van der Waals surface area contributed by atoms with Crippen molar-refractivity contribution in [1.82, 2.24) is 5.32 Å². The van der Waals surface area contributed by atoms with Crippen LogP contribution in [0.5, 0.6) is 0 Å². The second-order valence-corrected chi connectivity index (χ2v) is 5.67. The van der Waals surface area contributed by atoms with Crippen molar-refractivity contribution in [3.8, 4) is 0 Å². The first kappa shape index (κ1) is 15.4. The van der Waals surface area contributed by atoms with Gasteiger partial charge in [-0.2, -0.15) is 11.8 Å². The zero-order valence-electron chi connectivity index (χ0n) is 12.2. The highest BCUT2D eigenvalue weighted by Crippen LogP contribution is 2.22. The molecule has 18 heavy (non-hydrogen) atoms. The molecule has 0 amide bonds. The summed E-state index contributed by atoms with van der Waals surface area (Å²) in [6.45, 7) is 4.48. The minimum absolute atomic E-state index is 0.466. The van der Waals surface area contributed by atoms with Gasteiger partial charge < -0.3 is 10.2 Å². The van der Waals surface area contributed by atoms with Crippen LogP contribution in [-0.4, -0.2) is 32.1 Å². The minimum atomic E-state index is 0.466. The number of hydrogen-bond donors (Lipinski definition) is 1. The van der Waals surface area contributed by atoms with Gasteiger partial charge in [-0.1, -0.05) is 19.1 Å². The second-order valence-electron chi connectivity index (χ2n) is 4.76. The Morgan fingerprint density at radius 1 is 1.28 bits per heavy atom. The van der Waals surface area contributed by atoms with Crippen molar-refractivity contribution in [2.75, 3.05) is 31.0 Å². The van der Waals surface area contributed by atoms with E-state index in [1.54, 1.807) is 0 Å². The Hall–Kier alpha value is -0.670. The molecule has 0 aliphatic carbocycles. The van der Waals surface area contributed by atoms with Gasteiger partial charge in [0.2, 0.25) is 0 Å². The predicted octanol–water partition coefficient (Wildman–Crippen LogP) is 3.54. The van der Waals surface area contributed by atoms with E-state index in [0.29, 0.717) is 12.1 Å². The lowest BCUT2D eigenvalue weighted by atomic mass is 10.0. The van der Waals surface area contributed by atoms with Crippen molar-refractivity contribution in [2.24, 2.45) is 0 Å². The number of nitrogens with one attached hydrogen (secondary N) is 1. The summed E-state index contributed by atoms with van der Waals surface area (Å²) < 4.78 is 0. The summed E-state index contributed by atoms with van der Waals surface area (Å²) in [5, 5.41) is 3.34. The van der Waals surface area contributed by atoms with Crippen LogP contribution in [0, 0.1) is 0 Å². The molecule has 0 heterocycles. The van der Waals surface area contributed by atoms with E-state index in [-0.39, 0.29) is 0 Å². The SMILES string of the molecule is CCC(NC)c1ccc(N(C)C(C)CSC)cc1. The zero-order chi connectivity index (χ0) is 13.5. The Bertz CT molecular complexity index is 333. The highest BCUT2D eigenvalue weighted by atomic mass is 32.2. The van der Waals surface area contributed by atoms with E-state index >= 15 is 0 Å². The third-order valence-electron chi connectivity index (χ3n) is 3.53. The van der Waals surface area contributed by atoms with Gasteiger partial charge in [0.25, 0.3) is 0 Å². The Kier molecular flexibility index (Phi) is 6.58. The first-order valence-corrected chi connectivity index (χ1v) is 8.02. The van der Waals surface area contributed by atoms with Crippen LogP contribution in [0.1, 0.15) is 31.9 Å². The van der Waals surface area contributed by atoms with Crippen LogP contribution in [0.3, 0.4) is 0 Å². The molecular weight excluding hydrogens is 240 g/mol. The average Bonchev–Trinajstić information content (AvgIpc) is 2.40. The van der Waals surface area contributed by atoms with Gasteiger partial charge in [0, 0.05) is 30.6 Å². The van der Waals surface area contributed by atoms with E-state index in [9.17, 15) is 0 Å². The van der Waals surface area contributed by atoms with Crippen molar-refractivity contribution in [3.63, 3.8) is 0 Å². The molecule has 0 aliphatic rings. The van der Waals surface area contributed by atoms with Crippen LogP contribution >= 0.6 is 11.8 Å². The molecule has 0 radical (unpaired) electrons. The molecule has 1 aromatic carbocycles. The van der Waals surface area contributed by atoms with Gasteiger partial charge in [0.05, 0.1) is 0 Å². The fraction of sp³-hybridized carbons (Fsp3) is 0.600. The van der Waals surface area contributed by atoms with Crippen molar-refractivity contribution < 1.29 is 0 Å². The Labute approximate surface area is 116 Å². The van der Waals surface area contributed by atoms with Crippen LogP contribution in [0.2, 0.25) is 0 Å². The van der Waals surface area contributed by atoms with E-state index in [1.807, 2.05) is 18.8 Å². The van der Waals surface area contributed by atoms with Crippen molar-refractivity contribution in [1.29, 1.82) is 0 Å². The first-order chi connectivity index (χ1) is 8.63. The summed E-state index contributed by atoms with van der Waals surface area (Å²) in [6, 6.07) is 9.97. The normalized spacial score (nSPS) is 14.3. The summed E-state index contributed by atoms with van der Waals surface area (Å²) in [7, 11) is 4.19. The summed E-state index contributed by atoms with van der Waals surface area (Å²) in [6.07, 6.45) is 3.28. The molecule has 0 fully saturated rings. The van der Waals surface area contributed by atoms with Gasteiger partial charge >= 0.3 is 0 Å². The smallest absolute Gasteiger partial charge is 0.0366 e. The summed E-state index contributed by atoms with van der Waals surface area (Å²) in [4.78, 5) is 2.35. The molecule has 2 atom stereocenters. The highest BCUT2D eigenvalue weighted by Gasteiger charge is 2.11. The fourth-order valence-electron chi connectivity index (χ4n) is 2.16. The summed E-state index contributed by atoms with van der Waals surface area (Å²) in [5.74, 6) is 1.16. The quantitative estimate of drug-likeness (QED) is 0.812. The standard InChI is InChI=1S/C15H26N2S/c1-6-15(16-3)13-7-9-14(10-8-13)17(4)12(2)11-18-5/h7-10,12,15-16H,6,11H2,1-5H3. The van der Waals surface area contributed by atoms with Crippen molar-refractivity contribution in [3.05, 3.63) is 29.8 Å². The first-order valence-electron chi connectivity index (χ1n) is 6.63. The van der Waals surface area contributed by atoms with E-state index in [4.69, 9.17) is 0 Å². The largest absolute Gasteiger partial charge is 0.371 e. The maximum Gasteiger partial charge on any atom is 0.0366 e. The lowest BCUT2D eigenvalue weighted by molar-refractivity contribution is 0.577. The Morgan fingerprint density at radius 2 is 1.89 bits per heavy atom. The summed E-state index contributed by atoms with van der Waals surface area (Å²) in [5.41, 5.74) is 2.67. The number of thioether (sulfide) groups is 1. The minimum Gasteiger partial charge on any atom is -0.371 e. The second kappa shape index (κ2) is 7.70. The average molecular weight is 266 g/mol. The van der Waals surface area contributed by atoms with Gasteiger partial charge in [0.15, 0.2) is 0 Å². The molecule has 2 nitrogen and oxygen atoms in total. The lowest BCUT2D eigenvalue weighted by Crippen LogP contribution is -2.30. The summed E-state index contributed by atoms with van der Waals surface area (Å²) >= 11 is 1.90. The van der Waals surface area contributed by atoms with Gasteiger partial charge in [-0.05, 0) is 44.3 Å². The van der Waals surface area contributed by atoms with Gasteiger partial charge in [-0.3, -0.25) is 0 Å². The van der Waals surface area contributed by atoms with Crippen LogP contribution < -0.4 is 10.2 Å². The van der Waals surface area contributed by atoms with Crippen molar-refractivity contribution >= 4 is 17.4 Å². The number of nitrogens with zero attached hydrogens (tertiary/aromatic N) is 1. The van der Waals surface area contributed by atoms with E-state index < -0.39 is 0 Å². The molecule has 0 saturated carbocycles. The molecule has 3 heteroatoms. The number of hydrogen-bond acceptors (Lipinski definition) is 3. The maximum absolute atomic E-state index is 3.34. The van der Waals surface area contributed by atoms with Gasteiger partial charge in [-0.15, -0.1) is 0 Å². The number of benzene rings is 1. The molecule has 0 bridgehead atoms. The molecule has 2 unspecified atom stereocenters. The monoisotopic (exact) mass is 266 g/mol. The molecule has 0 aromatic heterocycles. The molecule has 0 spiro atoms. The fourth-order valence-corrected chi connectivity index (χ4v) is 2.86. The van der Waals surface area contributed by atoms with E-state index in [0.717, 1.165) is 12.2 Å². The van der Waals surface area contributed by atoms with Crippen LogP contribution in [-0.2, 0) is 0 Å². The molecule has 1 aromatic rings. The Balaban J connectivity index is 2.75. The van der Waals surface area contributed by atoms with Crippen LogP contribution in [0.4, 0.5) is 5.69 Å². The topological polar surface area (TPSA) is 15.3 Å². The lowest BCUT2D eigenvalue weighted by Gasteiger charge is -2.27. The van der Waals surface area contributed by atoms with Crippen LogP contribution in [0.25, 0.3) is 0 Å². The number of rotatable bonds is 7. The molecule has 1 rings (SSSR count).